The van der Waals surface area contributed by atoms with E-state index < -0.39 is 11.6 Å². The van der Waals surface area contributed by atoms with Gasteiger partial charge in [0.05, 0.1) is 35.4 Å². The fourth-order valence-corrected chi connectivity index (χ4v) is 3.01. The maximum Gasteiger partial charge on any atom is 0.306 e. The fourth-order valence-electron chi connectivity index (χ4n) is 3.01. The number of aromatic nitrogens is 2. The van der Waals surface area contributed by atoms with Crippen LogP contribution in [0, 0.1) is 5.92 Å². The summed E-state index contributed by atoms with van der Waals surface area (Å²) in [5.74, 6) is -1.06. The van der Waals surface area contributed by atoms with Crippen molar-refractivity contribution in [1.29, 1.82) is 0 Å². The summed E-state index contributed by atoms with van der Waals surface area (Å²) in [5.41, 5.74) is 1.09. The molecule has 0 radical (unpaired) electrons. The molecular weight excluding hydrogens is 256 g/mol. The van der Waals surface area contributed by atoms with Crippen LogP contribution in [0.1, 0.15) is 25.7 Å². The zero-order valence-electron chi connectivity index (χ0n) is 11.2. The van der Waals surface area contributed by atoms with E-state index in [4.69, 9.17) is 5.11 Å². The summed E-state index contributed by atoms with van der Waals surface area (Å²) in [4.78, 5) is 15.3. The van der Waals surface area contributed by atoms with Crippen LogP contribution >= 0.6 is 0 Å². The molecule has 2 N–H and O–H groups in total. The molecule has 1 aliphatic rings. The number of carbonyl (C=O) groups is 1. The van der Waals surface area contributed by atoms with E-state index in [0.717, 1.165) is 11.0 Å². The number of rotatable bonds is 3. The van der Waals surface area contributed by atoms with Crippen molar-refractivity contribution < 1.29 is 15.0 Å². The van der Waals surface area contributed by atoms with E-state index in [1.807, 2.05) is 28.8 Å². The first-order valence-corrected chi connectivity index (χ1v) is 6.92. The van der Waals surface area contributed by atoms with Gasteiger partial charge in [0.2, 0.25) is 0 Å². The van der Waals surface area contributed by atoms with E-state index >= 15 is 0 Å². The van der Waals surface area contributed by atoms with Gasteiger partial charge in [-0.2, -0.15) is 0 Å². The van der Waals surface area contributed by atoms with Gasteiger partial charge >= 0.3 is 5.97 Å². The molecule has 106 valence electrons. The van der Waals surface area contributed by atoms with Crippen LogP contribution in [-0.2, 0) is 11.3 Å². The Morgan fingerprint density at radius 1 is 1.35 bits per heavy atom. The molecule has 1 aromatic heterocycles. The second-order valence-electron chi connectivity index (χ2n) is 5.70. The van der Waals surface area contributed by atoms with E-state index in [-0.39, 0.29) is 5.92 Å². The quantitative estimate of drug-likeness (QED) is 0.898. The molecule has 1 aliphatic carbocycles. The number of hydrogen-bond donors (Lipinski definition) is 2. The third kappa shape index (κ3) is 2.41. The number of carboxylic acids is 1. The van der Waals surface area contributed by atoms with Crippen molar-refractivity contribution >= 4 is 17.0 Å². The van der Waals surface area contributed by atoms with Gasteiger partial charge in [0, 0.05) is 0 Å². The van der Waals surface area contributed by atoms with Crippen molar-refractivity contribution in [3.05, 3.63) is 30.6 Å². The van der Waals surface area contributed by atoms with Crippen molar-refractivity contribution in [1.82, 2.24) is 9.55 Å². The Morgan fingerprint density at radius 2 is 2.05 bits per heavy atom. The molecule has 1 aromatic carbocycles. The highest BCUT2D eigenvalue weighted by Gasteiger charge is 2.36. The molecule has 5 nitrogen and oxygen atoms in total. The molecule has 2 aromatic rings. The van der Waals surface area contributed by atoms with Crippen LogP contribution in [0.15, 0.2) is 30.6 Å². The SMILES string of the molecule is O=C(O)C1CCC(O)(Cn2cnc3ccccc32)CC1. The zero-order valence-corrected chi connectivity index (χ0v) is 11.2. The second-order valence-corrected chi connectivity index (χ2v) is 5.70. The lowest BCUT2D eigenvalue weighted by Crippen LogP contribution is -2.39. The first-order valence-electron chi connectivity index (χ1n) is 6.92. The molecule has 0 amide bonds. The third-order valence-corrected chi connectivity index (χ3v) is 4.26. The van der Waals surface area contributed by atoms with Crippen LogP contribution in [0.3, 0.4) is 0 Å². The summed E-state index contributed by atoms with van der Waals surface area (Å²) in [6, 6.07) is 7.81. The van der Waals surface area contributed by atoms with Crippen molar-refractivity contribution in [2.45, 2.75) is 37.8 Å². The smallest absolute Gasteiger partial charge is 0.306 e. The number of para-hydroxylation sites is 2. The van der Waals surface area contributed by atoms with E-state index in [1.165, 1.54) is 0 Å². The number of aliphatic carboxylic acids is 1. The van der Waals surface area contributed by atoms with Crippen LogP contribution in [-0.4, -0.2) is 31.3 Å². The summed E-state index contributed by atoms with van der Waals surface area (Å²) >= 11 is 0. The number of nitrogens with zero attached hydrogens (tertiary/aromatic N) is 2. The maximum atomic E-state index is 11.0. The Labute approximate surface area is 116 Å². The van der Waals surface area contributed by atoms with Crippen LogP contribution in [0.4, 0.5) is 0 Å². The van der Waals surface area contributed by atoms with Gasteiger partial charge in [-0.25, -0.2) is 4.98 Å². The van der Waals surface area contributed by atoms with E-state index in [1.54, 1.807) is 6.33 Å². The molecule has 20 heavy (non-hydrogen) atoms. The van der Waals surface area contributed by atoms with Gasteiger partial charge in [-0.1, -0.05) is 12.1 Å². The van der Waals surface area contributed by atoms with Gasteiger partial charge in [-0.15, -0.1) is 0 Å². The molecule has 0 unspecified atom stereocenters. The summed E-state index contributed by atoms with van der Waals surface area (Å²) < 4.78 is 1.95. The standard InChI is InChI=1S/C15H18N2O3/c18-14(19)11-5-7-15(20,8-6-11)9-17-10-16-12-3-1-2-4-13(12)17/h1-4,10-11,20H,5-9H2,(H,18,19). The number of benzene rings is 1. The summed E-state index contributed by atoms with van der Waals surface area (Å²) in [7, 11) is 0. The van der Waals surface area contributed by atoms with Crippen LogP contribution < -0.4 is 0 Å². The Balaban J connectivity index is 1.76. The molecule has 1 fully saturated rings. The lowest BCUT2D eigenvalue weighted by molar-refractivity contribution is -0.145. The molecule has 0 spiro atoms. The number of carboxylic acid groups (broad SMARTS) is 1. The Morgan fingerprint density at radius 3 is 2.75 bits per heavy atom. The fraction of sp³-hybridized carbons (Fsp3) is 0.467. The van der Waals surface area contributed by atoms with Gasteiger partial charge in [0.1, 0.15) is 0 Å². The molecule has 1 saturated carbocycles. The average Bonchev–Trinajstić information content (AvgIpc) is 2.82. The summed E-state index contributed by atoms with van der Waals surface area (Å²) in [5, 5.41) is 19.7. The van der Waals surface area contributed by atoms with Gasteiger partial charge in [-0.05, 0) is 37.8 Å². The van der Waals surface area contributed by atoms with Gasteiger partial charge < -0.3 is 14.8 Å². The molecule has 0 aliphatic heterocycles. The monoisotopic (exact) mass is 274 g/mol. The molecular formula is C15H18N2O3. The number of imidazole rings is 1. The van der Waals surface area contributed by atoms with Crippen LogP contribution in [0.5, 0.6) is 0 Å². The zero-order chi connectivity index (χ0) is 14.2. The summed E-state index contributed by atoms with van der Waals surface area (Å²) in [6.07, 6.45) is 3.87. The van der Waals surface area contributed by atoms with Crippen molar-refractivity contribution in [2.24, 2.45) is 5.92 Å². The lowest BCUT2D eigenvalue weighted by atomic mass is 9.79. The van der Waals surface area contributed by atoms with Gasteiger partial charge in [-0.3, -0.25) is 4.79 Å². The second kappa shape index (κ2) is 4.90. The Hall–Kier alpha value is -1.88. The molecule has 1 heterocycles. The number of fused-ring (bicyclic) bond motifs is 1. The van der Waals surface area contributed by atoms with E-state index in [2.05, 4.69) is 4.98 Å². The first kappa shape index (κ1) is 13.1. The lowest BCUT2D eigenvalue weighted by Gasteiger charge is -2.35. The maximum absolute atomic E-state index is 11.0. The molecule has 0 atom stereocenters. The predicted octanol–water partition coefficient (Wildman–Crippen LogP) is 2.04. The van der Waals surface area contributed by atoms with Crippen molar-refractivity contribution in [3.8, 4) is 0 Å². The average molecular weight is 274 g/mol. The van der Waals surface area contributed by atoms with Crippen molar-refractivity contribution in [2.75, 3.05) is 0 Å². The van der Waals surface area contributed by atoms with Gasteiger partial charge in [0.15, 0.2) is 0 Å². The van der Waals surface area contributed by atoms with E-state index in [9.17, 15) is 9.90 Å². The van der Waals surface area contributed by atoms with Gasteiger partial charge in [0.25, 0.3) is 0 Å². The molecule has 0 bridgehead atoms. The van der Waals surface area contributed by atoms with Crippen molar-refractivity contribution in [3.63, 3.8) is 0 Å². The third-order valence-electron chi connectivity index (χ3n) is 4.26. The Kier molecular flexibility index (Phi) is 3.22. The highest BCUT2D eigenvalue weighted by Crippen LogP contribution is 2.34. The minimum Gasteiger partial charge on any atom is -0.481 e. The topological polar surface area (TPSA) is 75.3 Å². The first-order chi connectivity index (χ1) is 9.57. The molecule has 3 rings (SSSR count). The largest absolute Gasteiger partial charge is 0.481 e. The Bertz CT molecular complexity index is 627. The van der Waals surface area contributed by atoms with Crippen LogP contribution in [0.2, 0.25) is 0 Å². The minimum absolute atomic E-state index is 0.310. The molecule has 5 heteroatoms. The highest BCUT2D eigenvalue weighted by molar-refractivity contribution is 5.75. The minimum atomic E-state index is -0.824. The number of hydrogen-bond acceptors (Lipinski definition) is 3. The molecule has 0 saturated heterocycles. The van der Waals surface area contributed by atoms with E-state index in [0.29, 0.717) is 32.2 Å². The number of aliphatic hydroxyl groups is 1. The normalized spacial score (nSPS) is 26.8. The van der Waals surface area contributed by atoms with Crippen LogP contribution in [0.25, 0.3) is 11.0 Å². The summed E-state index contributed by atoms with van der Waals surface area (Å²) in [6.45, 7) is 0.472. The highest BCUT2D eigenvalue weighted by atomic mass is 16.4. The predicted molar refractivity (Wildman–Crippen MR) is 74.3 cm³/mol.